The van der Waals surface area contributed by atoms with E-state index in [1.54, 1.807) is 12.1 Å². The standard InChI is InChI=1S/C20H30N2O4/c1-15(2)26-13-12-22-18(8-9-19(22)23)10-11-21-14-16-4-6-17(7-5-16)20(24)25-3/h4-7,15,18,21H,8-14H2,1-3H3/t18-/m1/s1. The van der Waals surface area contributed by atoms with Crippen molar-refractivity contribution in [3.63, 3.8) is 0 Å². The second kappa shape index (κ2) is 10.3. The number of ether oxygens (including phenoxy) is 2. The number of hydrogen-bond donors (Lipinski definition) is 1. The first-order chi connectivity index (χ1) is 12.5. The Hall–Kier alpha value is -1.92. The summed E-state index contributed by atoms with van der Waals surface area (Å²) in [5, 5.41) is 3.42. The van der Waals surface area contributed by atoms with E-state index in [0.29, 0.717) is 31.2 Å². The highest BCUT2D eigenvalue weighted by Crippen LogP contribution is 2.20. The lowest BCUT2D eigenvalue weighted by molar-refractivity contribution is -0.130. The Balaban J connectivity index is 1.71. The first-order valence-electron chi connectivity index (χ1n) is 9.30. The number of nitrogens with zero attached hydrogens (tertiary/aromatic N) is 1. The summed E-state index contributed by atoms with van der Waals surface area (Å²) in [7, 11) is 1.38. The van der Waals surface area contributed by atoms with E-state index in [1.165, 1.54) is 7.11 Å². The maximum Gasteiger partial charge on any atom is 0.337 e. The Morgan fingerprint density at radius 1 is 1.31 bits per heavy atom. The lowest BCUT2D eigenvalue weighted by Gasteiger charge is -2.25. The van der Waals surface area contributed by atoms with Crippen molar-refractivity contribution >= 4 is 11.9 Å². The lowest BCUT2D eigenvalue weighted by Crippen LogP contribution is -2.37. The van der Waals surface area contributed by atoms with E-state index in [4.69, 9.17) is 9.47 Å². The molecule has 1 aromatic carbocycles. The molecule has 1 aromatic rings. The average Bonchev–Trinajstić information content (AvgIpc) is 2.98. The van der Waals surface area contributed by atoms with Crippen molar-refractivity contribution in [1.82, 2.24) is 10.2 Å². The molecule has 2 rings (SSSR count). The number of hydrogen-bond acceptors (Lipinski definition) is 5. The summed E-state index contributed by atoms with van der Waals surface area (Å²) in [4.78, 5) is 25.4. The molecule has 1 N–H and O–H groups in total. The molecule has 6 nitrogen and oxygen atoms in total. The van der Waals surface area contributed by atoms with Gasteiger partial charge in [0.1, 0.15) is 0 Å². The predicted molar refractivity (Wildman–Crippen MR) is 99.9 cm³/mol. The zero-order chi connectivity index (χ0) is 18.9. The number of methoxy groups -OCH3 is 1. The van der Waals surface area contributed by atoms with Gasteiger partial charge in [-0.2, -0.15) is 0 Å². The van der Waals surface area contributed by atoms with Gasteiger partial charge in [0.05, 0.1) is 25.4 Å². The number of likely N-dealkylation sites (tertiary alicyclic amines) is 1. The highest BCUT2D eigenvalue weighted by Gasteiger charge is 2.29. The fourth-order valence-electron chi connectivity index (χ4n) is 3.17. The minimum absolute atomic E-state index is 0.193. The van der Waals surface area contributed by atoms with Crippen LogP contribution in [0.4, 0.5) is 0 Å². The molecule has 1 aliphatic rings. The summed E-state index contributed by atoms with van der Waals surface area (Å²) >= 11 is 0. The molecule has 26 heavy (non-hydrogen) atoms. The van der Waals surface area contributed by atoms with E-state index in [9.17, 15) is 9.59 Å². The van der Waals surface area contributed by atoms with Crippen molar-refractivity contribution in [2.24, 2.45) is 0 Å². The van der Waals surface area contributed by atoms with E-state index < -0.39 is 0 Å². The third kappa shape index (κ3) is 6.11. The molecule has 0 saturated carbocycles. The van der Waals surface area contributed by atoms with Crippen LogP contribution in [0.15, 0.2) is 24.3 Å². The van der Waals surface area contributed by atoms with E-state index in [1.807, 2.05) is 30.9 Å². The van der Waals surface area contributed by atoms with Gasteiger partial charge in [0, 0.05) is 25.6 Å². The van der Waals surface area contributed by atoms with Gasteiger partial charge in [-0.05, 0) is 50.9 Å². The van der Waals surface area contributed by atoms with Crippen molar-refractivity contribution in [3.05, 3.63) is 35.4 Å². The summed E-state index contributed by atoms with van der Waals surface area (Å²) < 4.78 is 10.3. The quantitative estimate of drug-likeness (QED) is 0.511. The molecule has 1 aliphatic heterocycles. The number of nitrogens with one attached hydrogen (secondary N) is 1. The molecular formula is C20H30N2O4. The van der Waals surface area contributed by atoms with Crippen LogP contribution in [0.25, 0.3) is 0 Å². The number of esters is 1. The fourth-order valence-corrected chi connectivity index (χ4v) is 3.17. The summed E-state index contributed by atoms with van der Waals surface area (Å²) in [6, 6.07) is 7.69. The molecule has 6 heteroatoms. The molecule has 1 saturated heterocycles. The van der Waals surface area contributed by atoms with Crippen molar-refractivity contribution in [2.45, 2.75) is 51.8 Å². The molecule has 0 radical (unpaired) electrons. The van der Waals surface area contributed by atoms with Gasteiger partial charge in [-0.1, -0.05) is 12.1 Å². The number of carbonyl (C=O) groups excluding carboxylic acids is 2. The smallest absolute Gasteiger partial charge is 0.337 e. The summed E-state index contributed by atoms with van der Waals surface area (Å²) in [6.45, 7) is 6.86. The van der Waals surface area contributed by atoms with E-state index in [2.05, 4.69) is 5.32 Å². The van der Waals surface area contributed by atoms with E-state index in [0.717, 1.165) is 31.5 Å². The maximum atomic E-state index is 12.0. The average molecular weight is 362 g/mol. The van der Waals surface area contributed by atoms with Crippen molar-refractivity contribution in [3.8, 4) is 0 Å². The maximum absolute atomic E-state index is 12.0. The minimum Gasteiger partial charge on any atom is -0.465 e. The number of amides is 1. The van der Waals surface area contributed by atoms with Crippen LogP contribution in [0, 0.1) is 0 Å². The van der Waals surface area contributed by atoms with Gasteiger partial charge in [-0.25, -0.2) is 4.79 Å². The van der Waals surface area contributed by atoms with Crippen molar-refractivity contribution < 1.29 is 19.1 Å². The Kier molecular flexibility index (Phi) is 8.06. The monoisotopic (exact) mass is 362 g/mol. The highest BCUT2D eigenvalue weighted by molar-refractivity contribution is 5.89. The molecule has 0 bridgehead atoms. The van der Waals surface area contributed by atoms with Crippen LogP contribution in [0.1, 0.15) is 49.0 Å². The summed E-state index contributed by atoms with van der Waals surface area (Å²) in [6.07, 6.45) is 2.70. The van der Waals surface area contributed by atoms with Crippen LogP contribution in [-0.4, -0.2) is 55.7 Å². The molecule has 1 fully saturated rings. The molecule has 1 amide bonds. The second-order valence-electron chi connectivity index (χ2n) is 6.85. The normalized spacial score (nSPS) is 17.2. The lowest BCUT2D eigenvalue weighted by atomic mass is 10.1. The molecule has 0 aliphatic carbocycles. The third-order valence-electron chi connectivity index (χ3n) is 4.59. The molecular weight excluding hydrogens is 332 g/mol. The highest BCUT2D eigenvalue weighted by atomic mass is 16.5. The van der Waals surface area contributed by atoms with E-state index in [-0.39, 0.29) is 18.0 Å². The van der Waals surface area contributed by atoms with Crippen LogP contribution in [0.2, 0.25) is 0 Å². The number of carbonyl (C=O) groups is 2. The topological polar surface area (TPSA) is 67.9 Å². The zero-order valence-corrected chi connectivity index (χ0v) is 16.0. The van der Waals surface area contributed by atoms with Crippen molar-refractivity contribution in [2.75, 3.05) is 26.8 Å². The van der Waals surface area contributed by atoms with Gasteiger partial charge in [-0.3, -0.25) is 4.79 Å². The SMILES string of the molecule is COC(=O)c1ccc(CNCC[C@H]2CCC(=O)N2CCOC(C)C)cc1. The minimum atomic E-state index is -0.322. The molecule has 0 aromatic heterocycles. The third-order valence-corrected chi connectivity index (χ3v) is 4.59. The first kappa shape index (κ1) is 20.4. The Labute approximate surface area is 155 Å². The molecule has 1 heterocycles. The van der Waals surface area contributed by atoms with Gasteiger partial charge in [0.2, 0.25) is 5.91 Å². The van der Waals surface area contributed by atoms with Gasteiger partial charge >= 0.3 is 5.97 Å². The van der Waals surface area contributed by atoms with Crippen LogP contribution in [-0.2, 0) is 20.8 Å². The van der Waals surface area contributed by atoms with Gasteiger partial charge in [-0.15, -0.1) is 0 Å². The van der Waals surface area contributed by atoms with Crippen molar-refractivity contribution in [1.29, 1.82) is 0 Å². The first-order valence-corrected chi connectivity index (χ1v) is 9.30. The number of rotatable bonds is 10. The molecule has 144 valence electrons. The van der Waals surface area contributed by atoms with Gasteiger partial charge in [0.25, 0.3) is 0 Å². The summed E-state index contributed by atoms with van der Waals surface area (Å²) in [5.74, 6) is -0.0855. The fraction of sp³-hybridized carbons (Fsp3) is 0.600. The largest absolute Gasteiger partial charge is 0.465 e. The van der Waals surface area contributed by atoms with Crippen LogP contribution < -0.4 is 5.32 Å². The second-order valence-corrected chi connectivity index (χ2v) is 6.85. The zero-order valence-electron chi connectivity index (χ0n) is 16.0. The molecule has 0 spiro atoms. The van der Waals surface area contributed by atoms with Crippen LogP contribution in [0.5, 0.6) is 0 Å². The predicted octanol–water partition coefficient (Wildman–Crippen LogP) is 2.37. The molecule has 1 atom stereocenters. The Morgan fingerprint density at radius 3 is 2.69 bits per heavy atom. The van der Waals surface area contributed by atoms with Gasteiger partial charge < -0.3 is 19.7 Å². The van der Waals surface area contributed by atoms with Crippen LogP contribution in [0.3, 0.4) is 0 Å². The van der Waals surface area contributed by atoms with Gasteiger partial charge in [0.15, 0.2) is 0 Å². The Bertz CT molecular complexity index is 586. The Morgan fingerprint density at radius 2 is 2.04 bits per heavy atom. The summed E-state index contributed by atoms with van der Waals surface area (Å²) in [5.41, 5.74) is 1.67. The van der Waals surface area contributed by atoms with Crippen LogP contribution >= 0.6 is 0 Å². The number of benzene rings is 1. The molecule has 0 unspecified atom stereocenters. The van der Waals surface area contributed by atoms with E-state index >= 15 is 0 Å².